The fourth-order valence-electron chi connectivity index (χ4n) is 2.13. The fourth-order valence-corrected chi connectivity index (χ4v) is 2.48. The molecule has 0 aliphatic carbocycles. The van der Waals surface area contributed by atoms with Gasteiger partial charge in [-0.05, 0) is 31.5 Å². The molecule has 0 bridgehead atoms. The largest absolute Gasteiger partial charge is 0.375 e. The van der Waals surface area contributed by atoms with Crippen molar-refractivity contribution in [2.45, 2.75) is 26.0 Å². The van der Waals surface area contributed by atoms with Crippen molar-refractivity contribution in [3.63, 3.8) is 0 Å². The van der Waals surface area contributed by atoms with Crippen molar-refractivity contribution < 1.29 is 4.74 Å². The number of benzene rings is 1. The highest BCUT2D eigenvalue weighted by Gasteiger charge is 2.18. The van der Waals surface area contributed by atoms with Gasteiger partial charge in [-0.1, -0.05) is 17.7 Å². The molecule has 2 N–H and O–H groups in total. The van der Waals surface area contributed by atoms with E-state index < -0.39 is 0 Å². The molecule has 1 aliphatic rings. The summed E-state index contributed by atoms with van der Waals surface area (Å²) in [4.78, 5) is 2.30. The Morgan fingerprint density at radius 2 is 2.29 bits per heavy atom. The second-order valence-electron chi connectivity index (χ2n) is 4.62. The first-order valence-electron chi connectivity index (χ1n) is 5.99. The third-order valence-corrected chi connectivity index (χ3v) is 3.41. The minimum atomic E-state index is -0.0276. The molecule has 4 heteroatoms. The molecule has 0 radical (unpaired) electrons. The van der Waals surface area contributed by atoms with E-state index in [-0.39, 0.29) is 12.1 Å². The van der Waals surface area contributed by atoms with Gasteiger partial charge in [-0.3, -0.25) is 0 Å². The highest BCUT2D eigenvalue weighted by atomic mass is 35.5. The molecule has 0 amide bonds. The Kier molecular flexibility index (Phi) is 3.92. The van der Waals surface area contributed by atoms with Crippen LogP contribution in [0.4, 0.5) is 5.69 Å². The van der Waals surface area contributed by atoms with Crippen molar-refractivity contribution in [2.75, 3.05) is 24.6 Å². The molecular weight excluding hydrogens is 236 g/mol. The van der Waals surface area contributed by atoms with Crippen LogP contribution in [-0.4, -0.2) is 25.8 Å². The maximum atomic E-state index is 6.24. The Morgan fingerprint density at radius 3 is 2.88 bits per heavy atom. The van der Waals surface area contributed by atoms with Gasteiger partial charge in [0.25, 0.3) is 0 Å². The molecule has 1 fully saturated rings. The standard InChI is InChI=1S/C13H19ClN2O/c1-9-8-16(5-6-17-9)11-3-4-12(10(2)15)13(14)7-11/h3-4,7,9-10H,5-6,8,15H2,1-2H3. The van der Waals surface area contributed by atoms with Crippen LogP contribution in [-0.2, 0) is 4.74 Å². The van der Waals surface area contributed by atoms with E-state index in [9.17, 15) is 0 Å². The zero-order valence-electron chi connectivity index (χ0n) is 10.3. The Morgan fingerprint density at radius 1 is 1.53 bits per heavy atom. The van der Waals surface area contributed by atoms with Crippen LogP contribution in [0.15, 0.2) is 18.2 Å². The molecular formula is C13H19ClN2O. The van der Waals surface area contributed by atoms with Crippen molar-refractivity contribution in [3.05, 3.63) is 28.8 Å². The van der Waals surface area contributed by atoms with E-state index in [4.69, 9.17) is 22.1 Å². The summed E-state index contributed by atoms with van der Waals surface area (Å²) in [6.45, 7) is 6.63. The zero-order valence-corrected chi connectivity index (χ0v) is 11.1. The highest BCUT2D eigenvalue weighted by molar-refractivity contribution is 6.31. The summed E-state index contributed by atoms with van der Waals surface area (Å²) in [6.07, 6.45) is 0.274. The van der Waals surface area contributed by atoms with E-state index in [1.165, 1.54) is 0 Å². The third kappa shape index (κ3) is 2.92. The van der Waals surface area contributed by atoms with E-state index in [1.807, 2.05) is 19.1 Å². The summed E-state index contributed by atoms with van der Waals surface area (Å²) in [7, 11) is 0. The van der Waals surface area contributed by atoms with Crippen LogP contribution in [0.5, 0.6) is 0 Å². The SMILES string of the molecule is CC1CN(c2ccc(C(C)N)c(Cl)c2)CCO1. The van der Waals surface area contributed by atoms with E-state index in [0.29, 0.717) is 0 Å². The first kappa shape index (κ1) is 12.7. The normalized spacial score (nSPS) is 22.6. The molecule has 1 heterocycles. The Balaban J connectivity index is 2.19. The summed E-state index contributed by atoms with van der Waals surface area (Å²) in [5.41, 5.74) is 7.99. The van der Waals surface area contributed by atoms with Gasteiger partial charge < -0.3 is 15.4 Å². The number of anilines is 1. The number of halogens is 1. The predicted molar refractivity (Wildman–Crippen MR) is 71.7 cm³/mol. The average Bonchev–Trinajstić information content (AvgIpc) is 2.28. The van der Waals surface area contributed by atoms with E-state index in [1.54, 1.807) is 0 Å². The minimum Gasteiger partial charge on any atom is -0.375 e. The summed E-state index contributed by atoms with van der Waals surface area (Å²) < 4.78 is 5.53. The first-order chi connectivity index (χ1) is 8.08. The van der Waals surface area contributed by atoms with Crippen LogP contribution in [0.1, 0.15) is 25.5 Å². The number of morpholine rings is 1. The molecule has 0 aromatic heterocycles. The van der Waals surface area contributed by atoms with Gasteiger partial charge in [-0.15, -0.1) is 0 Å². The van der Waals surface area contributed by atoms with Gasteiger partial charge in [-0.25, -0.2) is 0 Å². The van der Waals surface area contributed by atoms with Crippen molar-refractivity contribution >= 4 is 17.3 Å². The summed E-state index contributed by atoms with van der Waals surface area (Å²) >= 11 is 6.24. The highest BCUT2D eigenvalue weighted by Crippen LogP contribution is 2.27. The Hall–Kier alpha value is -0.770. The van der Waals surface area contributed by atoms with E-state index in [2.05, 4.69) is 17.9 Å². The summed E-state index contributed by atoms with van der Waals surface area (Å²) in [5, 5.41) is 0.747. The molecule has 1 aliphatic heterocycles. The van der Waals surface area contributed by atoms with Crippen molar-refractivity contribution in [2.24, 2.45) is 5.73 Å². The van der Waals surface area contributed by atoms with Gasteiger partial charge in [-0.2, -0.15) is 0 Å². The fraction of sp³-hybridized carbons (Fsp3) is 0.538. The number of hydrogen-bond acceptors (Lipinski definition) is 3. The van der Waals surface area contributed by atoms with Crippen LogP contribution in [0, 0.1) is 0 Å². The number of rotatable bonds is 2. The molecule has 1 aromatic carbocycles. The van der Waals surface area contributed by atoms with Crippen LogP contribution in [0.3, 0.4) is 0 Å². The number of ether oxygens (including phenoxy) is 1. The van der Waals surface area contributed by atoms with Crippen LogP contribution in [0.2, 0.25) is 5.02 Å². The van der Waals surface area contributed by atoms with E-state index >= 15 is 0 Å². The maximum Gasteiger partial charge on any atom is 0.0722 e. The monoisotopic (exact) mass is 254 g/mol. The minimum absolute atomic E-state index is 0.0276. The van der Waals surface area contributed by atoms with Gasteiger partial charge in [0.05, 0.1) is 12.7 Å². The quantitative estimate of drug-likeness (QED) is 0.882. The van der Waals surface area contributed by atoms with Gasteiger partial charge in [0, 0.05) is 29.8 Å². The number of nitrogens with zero attached hydrogens (tertiary/aromatic N) is 1. The molecule has 3 nitrogen and oxygen atoms in total. The maximum absolute atomic E-state index is 6.24. The van der Waals surface area contributed by atoms with Gasteiger partial charge in [0.15, 0.2) is 0 Å². The van der Waals surface area contributed by atoms with Crippen LogP contribution >= 0.6 is 11.6 Å². The molecule has 17 heavy (non-hydrogen) atoms. The van der Waals surface area contributed by atoms with Crippen molar-refractivity contribution in [1.82, 2.24) is 0 Å². The first-order valence-corrected chi connectivity index (χ1v) is 6.37. The smallest absolute Gasteiger partial charge is 0.0722 e. The lowest BCUT2D eigenvalue weighted by Gasteiger charge is -2.33. The topological polar surface area (TPSA) is 38.5 Å². The zero-order chi connectivity index (χ0) is 12.4. The number of hydrogen-bond donors (Lipinski definition) is 1. The molecule has 0 saturated carbocycles. The molecule has 2 atom stereocenters. The van der Waals surface area contributed by atoms with Crippen molar-refractivity contribution in [1.29, 1.82) is 0 Å². The third-order valence-electron chi connectivity index (χ3n) is 3.08. The average molecular weight is 255 g/mol. The molecule has 1 aromatic rings. The lowest BCUT2D eigenvalue weighted by Crippen LogP contribution is -2.41. The molecule has 94 valence electrons. The molecule has 1 saturated heterocycles. The van der Waals surface area contributed by atoms with Gasteiger partial charge in [0.2, 0.25) is 0 Å². The lowest BCUT2D eigenvalue weighted by molar-refractivity contribution is 0.0532. The molecule has 0 spiro atoms. The van der Waals surface area contributed by atoms with Crippen LogP contribution in [0.25, 0.3) is 0 Å². The predicted octanol–water partition coefficient (Wildman–Crippen LogP) is 2.58. The second kappa shape index (κ2) is 5.25. The molecule has 2 unspecified atom stereocenters. The Labute approximate surface area is 107 Å². The molecule has 2 rings (SSSR count). The van der Waals surface area contributed by atoms with Crippen molar-refractivity contribution in [3.8, 4) is 0 Å². The van der Waals surface area contributed by atoms with E-state index in [0.717, 1.165) is 36.0 Å². The van der Waals surface area contributed by atoms with Gasteiger partial charge >= 0.3 is 0 Å². The second-order valence-corrected chi connectivity index (χ2v) is 5.03. The lowest BCUT2D eigenvalue weighted by atomic mass is 10.1. The van der Waals surface area contributed by atoms with Gasteiger partial charge in [0.1, 0.15) is 0 Å². The number of nitrogens with two attached hydrogens (primary N) is 1. The summed E-state index contributed by atoms with van der Waals surface area (Å²) in [6, 6.07) is 6.07. The Bertz CT molecular complexity index is 395. The van der Waals surface area contributed by atoms with Crippen LogP contribution < -0.4 is 10.6 Å². The summed E-state index contributed by atoms with van der Waals surface area (Å²) in [5.74, 6) is 0.